The monoisotopic (exact) mass is 294 g/mol. The zero-order valence-corrected chi connectivity index (χ0v) is 12.1. The standard InChI is InChI=1S/C15H19FN2O3/c1-9(19)5-6-17-15(20)18-8-14-10(2)12-7-11(16)3-4-13(12)21-14/h3-4,7,9,19H,5-6,8H2,1-2H3,(H2,17,18,20). The van der Waals surface area contributed by atoms with Crippen molar-refractivity contribution in [3.63, 3.8) is 0 Å². The SMILES string of the molecule is Cc1c(CNC(=O)NCCC(C)O)oc2ccc(F)cc12. The highest BCUT2D eigenvalue weighted by molar-refractivity contribution is 5.82. The lowest BCUT2D eigenvalue weighted by Crippen LogP contribution is -2.36. The number of rotatable bonds is 5. The van der Waals surface area contributed by atoms with Crippen molar-refractivity contribution in [2.75, 3.05) is 6.54 Å². The van der Waals surface area contributed by atoms with E-state index in [9.17, 15) is 9.18 Å². The molecule has 1 unspecified atom stereocenters. The van der Waals surface area contributed by atoms with Gasteiger partial charge in [-0.15, -0.1) is 0 Å². The second kappa shape index (κ2) is 6.58. The second-order valence-electron chi connectivity index (χ2n) is 5.04. The zero-order chi connectivity index (χ0) is 15.4. The number of amides is 2. The van der Waals surface area contributed by atoms with Gasteiger partial charge in [-0.3, -0.25) is 0 Å². The first kappa shape index (κ1) is 15.3. The van der Waals surface area contributed by atoms with Gasteiger partial charge in [0, 0.05) is 17.5 Å². The summed E-state index contributed by atoms with van der Waals surface area (Å²) in [7, 11) is 0. The number of furan rings is 1. The minimum Gasteiger partial charge on any atom is -0.459 e. The average Bonchev–Trinajstić information content (AvgIpc) is 2.73. The van der Waals surface area contributed by atoms with Crippen LogP contribution in [0.1, 0.15) is 24.7 Å². The van der Waals surface area contributed by atoms with E-state index < -0.39 is 6.10 Å². The van der Waals surface area contributed by atoms with Gasteiger partial charge in [-0.05, 0) is 38.5 Å². The lowest BCUT2D eigenvalue weighted by Gasteiger charge is -2.07. The number of benzene rings is 1. The number of hydrogen-bond acceptors (Lipinski definition) is 3. The van der Waals surface area contributed by atoms with Gasteiger partial charge < -0.3 is 20.2 Å². The molecule has 21 heavy (non-hydrogen) atoms. The van der Waals surface area contributed by atoms with Crippen LogP contribution < -0.4 is 10.6 Å². The molecule has 1 aromatic heterocycles. The highest BCUT2D eigenvalue weighted by Crippen LogP contribution is 2.25. The molecule has 114 valence electrons. The molecule has 0 saturated heterocycles. The lowest BCUT2D eigenvalue weighted by atomic mass is 10.1. The summed E-state index contributed by atoms with van der Waals surface area (Å²) in [4.78, 5) is 11.6. The normalized spacial score (nSPS) is 12.4. The number of hydrogen-bond donors (Lipinski definition) is 3. The fourth-order valence-electron chi connectivity index (χ4n) is 2.03. The first-order valence-corrected chi connectivity index (χ1v) is 6.84. The minimum absolute atomic E-state index is 0.225. The maximum Gasteiger partial charge on any atom is 0.315 e. The number of aliphatic hydroxyl groups is 1. The van der Waals surface area contributed by atoms with E-state index in [1.807, 2.05) is 6.92 Å². The number of halogens is 1. The summed E-state index contributed by atoms with van der Waals surface area (Å²) in [5, 5.41) is 15.1. The predicted molar refractivity (Wildman–Crippen MR) is 77.4 cm³/mol. The van der Waals surface area contributed by atoms with Gasteiger partial charge in [0.1, 0.15) is 17.2 Å². The van der Waals surface area contributed by atoms with Crippen LogP contribution in [-0.2, 0) is 6.54 Å². The fraction of sp³-hybridized carbons (Fsp3) is 0.400. The maximum absolute atomic E-state index is 13.2. The van der Waals surface area contributed by atoms with Gasteiger partial charge in [0.2, 0.25) is 0 Å². The molecular formula is C15H19FN2O3. The molecule has 2 amide bonds. The number of aliphatic hydroxyl groups excluding tert-OH is 1. The summed E-state index contributed by atoms with van der Waals surface area (Å²) < 4.78 is 18.8. The summed E-state index contributed by atoms with van der Waals surface area (Å²) in [6, 6.07) is 4.00. The van der Waals surface area contributed by atoms with Crippen LogP contribution in [0.5, 0.6) is 0 Å². The number of fused-ring (bicyclic) bond motifs is 1. The van der Waals surface area contributed by atoms with E-state index in [2.05, 4.69) is 10.6 Å². The molecule has 2 rings (SSSR count). The molecular weight excluding hydrogens is 275 g/mol. The van der Waals surface area contributed by atoms with Crippen molar-refractivity contribution in [1.29, 1.82) is 0 Å². The van der Waals surface area contributed by atoms with E-state index in [1.165, 1.54) is 12.1 Å². The van der Waals surface area contributed by atoms with E-state index in [0.29, 0.717) is 29.7 Å². The van der Waals surface area contributed by atoms with Crippen LogP contribution in [0.25, 0.3) is 11.0 Å². The van der Waals surface area contributed by atoms with Crippen molar-refractivity contribution in [3.8, 4) is 0 Å². The molecule has 0 radical (unpaired) electrons. The van der Waals surface area contributed by atoms with Gasteiger partial charge in [-0.1, -0.05) is 0 Å². The van der Waals surface area contributed by atoms with Gasteiger partial charge in [0.15, 0.2) is 0 Å². The van der Waals surface area contributed by atoms with E-state index in [1.54, 1.807) is 13.0 Å². The summed E-state index contributed by atoms with van der Waals surface area (Å²) in [5.74, 6) is 0.281. The quantitative estimate of drug-likeness (QED) is 0.793. The molecule has 5 nitrogen and oxygen atoms in total. The van der Waals surface area contributed by atoms with Crippen molar-refractivity contribution < 1.29 is 18.7 Å². The Kier molecular flexibility index (Phi) is 4.80. The van der Waals surface area contributed by atoms with E-state index >= 15 is 0 Å². The molecule has 1 heterocycles. The number of carbonyl (C=O) groups excluding carboxylic acids is 1. The van der Waals surface area contributed by atoms with Gasteiger partial charge in [-0.25, -0.2) is 9.18 Å². The van der Waals surface area contributed by atoms with Crippen LogP contribution in [0.3, 0.4) is 0 Å². The molecule has 0 aliphatic carbocycles. The van der Waals surface area contributed by atoms with Gasteiger partial charge in [0.05, 0.1) is 12.6 Å². The van der Waals surface area contributed by atoms with Crippen molar-refractivity contribution in [3.05, 3.63) is 35.3 Å². The summed E-state index contributed by atoms with van der Waals surface area (Å²) in [6.07, 6.45) is 0.0499. The Balaban J connectivity index is 1.94. The number of aryl methyl sites for hydroxylation is 1. The molecule has 0 spiro atoms. The van der Waals surface area contributed by atoms with Crippen molar-refractivity contribution >= 4 is 17.0 Å². The molecule has 2 aromatic rings. The molecule has 0 aliphatic heterocycles. The third-order valence-corrected chi connectivity index (χ3v) is 3.25. The Morgan fingerprint density at radius 1 is 1.43 bits per heavy atom. The van der Waals surface area contributed by atoms with Crippen LogP contribution in [0, 0.1) is 12.7 Å². The van der Waals surface area contributed by atoms with Gasteiger partial charge in [-0.2, -0.15) is 0 Å². The first-order valence-electron chi connectivity index (χ1n) is 6.84. The van der Waals surface area contributed by atoms with Crippen LogP contribution in [0.4, 0.5) is 9.18 Å². The molecule has 1 atom stereocenters. The summed E-state index contributed by atoms with van der Waals surface area (Å²) >= 11 is 0. The largest absolute Gasteiger partial charge is 0.459 e. The van der Waals surface area contributed by atoms with Crippen LogP contribution >= 0.6 is 0 Å². The fourth-order valence-corrected chi connectivity index (χ4v) is 2.03. The van der Waals surface area contributed by atoms with Crippen molar-refractivity contribution in [2.24, 2.45) is 0 Å². The second-order valence-corrected chi connectivity index (χ2v) is 5.04. The Hall–Kier alpha value is -2.08. The highest BCUT2D eigenvalue weighted by atomic mass is 19.1. The number of urea groups is 1. The molecule has 0 fully saturated rings. The van der Waals surface area contributed by atoms with E-state index in [-0.39, 0.29) is 18.4 Å². The maximum atomic E-state index is 13.2. The lowest BCUT2D eigenvalue weighted by molar-refractivity contribution is 0.183. The third-order valence-electron chi connectivity index (χ3n) is 3.25. The number of carbonyl (C=O) groups is 1. The minimum atomic E-state index is -0.446. The summed E-state index contributed by atoms with van der Waals surface area (Å²) in [5.41, 5.74) is 1.41. The van der Waals surface area contributed by atoms with Crippen LogP contribution in [0.2, 0.25) is 0 Å². The van der Waals surface area contributed by atoms with Crippen LogP contribution in [0.15, 0.2) is 22.6 Å². The zero-order valence-electron chi connectivity index (χ0n) is 12.1. The van der Waals surface area contributed by atoms with Crippen molar-refractivity contribution in [1.82, 2.24) is 10.6 Å². The third kappa shape index (κ3) is 3.95. The topological polar surface area (TPSA) is 74.5 Å². The Morgan fingerprint density at radius 2 is 2.19 bits per heavy atom. The molecule has 1 aromatic carbocycles. The van der Waals surface area contributed by atoms with E-state index in [4.69, 9.17) is 9.52 Å². The molecule has 0 bridgehead atoms. The van der Waals surface area contributed by atoms with Crippen LogP contribution in [-0.4, -0.2) is 23.8 Å². The number of nitrogens with one attached hydrogen (secondary N) is 2. The average molecular weight is 294 g/mol. The van der Waals surface area contributed by atoms with Crippen molar-refractivity contribution in [2.45, 2.75) is 32.9 Å². The molecule has 6 heteroatoms. The Labute approximate surface area is 122 Å². The molecule has 3 N–H and O–H groups in total. The van der Waals surface area contributed by atoms with Gasteiger partial charge >= 0.3 is 6.03 Å². The molecule has 0 saturated carbocycles. The molecule has 0 aliphatic rings. The van der Waals surface area contributed by atoms with Gasteiger partial charge in [0.25, 0.3) is 0 Å². The Morgan fingerprint density at radius 3 is 2.90 bits per heavy atom. The summed E-state index contributed by atoms with van der Waals surface area (Å²) in [6.45, 7) is 4.11. The smallest absolute Gasteiger partial charge is 0.315 e. The Bertz CT molecular complexity index is 637. The highest BCUT2D eigenvalue weighted by Gasteiger charge is 2.12. The predicted octanol–water partition coefficient (Wildman–Crippen LogP) is 2.45. The van der Waals surface area contributed by atoms with E-state index in [0.717, 1.165) is 5.56 Å². The first-order chi connectivity index (χ1) is 9.97.